The Labute approximate surface area is 147 Å². The summed E-state index contributed by atoms with van der Waals surface area (Å²) in [5.74, 6) is 0.510. The van der Waals surface area contributed by atoms with E-state index in [1.54, 1.807) is 19.0 Å². The van der Waals surface area contributed by atoms with E-state index in [4.69, 9.17) is 4.74 Å². The second-order valence-corrected chi connectivity index (χ2v) is 5.28. The molecular formula is C15H17F3N6O2. The first kappa shape index (κ1) is 19.2. The number of hydrogen-bond acceptors (Lipinski definition) is 6. The van der Waals surface area contributed by atoms with Crippen LogP contribution in [0.1, 0.15) is 11.4 Å². The SMILES string of the molecule is COc1nc(CNC(=O)Nc2ccccc2C(F)(F)F)nc(N(C)C)n1. The number of alkyl halides is 3. The Morgan fingerprint density at radius 1 is 1.19 bits per heavy atom. The number of para-hydroxylation sites is 1. The van der Waals surface area contributed by atoms with E-state index in [2.05, 4.69) is 25.6 Å². The van der Waals surface area contributed by atoms with Crippen LogP contribution in [0.3, 0.4) is 0 Å². The molecule has 8 nitrogen and oxygen atoms in total. The molecule has 140 valence electrons. The molecule has 0 atom stereocenters. The van der Waals surface area contributed by atoms with Gasteiger partial charge in [0.1, 0.15) is 0 Å². The summed E-state index contributed by atoms with van der Waals surface area (Å²) >= 11 is 0. The van der Waals surface area contributed by atoms with Gasteiger partial charge in [-0.3, -0.25) is 0 Å². The van der Waals surface area contributed by atoms with Gasteiger partial charge in [-0.05, 0) is 12.1 Å². The van der Waals surface area contributed by atoms with Gasteiger partial charge >= 0.3 is 18.2 Å². The van der Waals surface area contributed by atoms with Crippen LogP contribution in [0, 0.1) is 0 Å². The van der Waals surface area contributed by atoms with Crippen LogP contribution in [0.4, 0.5) is 29.6 Å². The summed E-state index contributed by atoms with van der Waals surface area (Å²) in [6.07, 6.45) is -4.58. The molecule has 0 bridgehead atoms. The maximum Gasteiger partial charge on any atom is 0.418 e. The molecule has 0 spiro atoms. The molecule has 2 N–H and O–H groups in total. The predicted octanol–water partition coefficient (Wildman–Crippen LogP) is 2.29. The molecule has 1 aromatic carbocycles. The first-order valence-corrected chi connectivity index (χ1v) is 7.38. The fourth-order valence-corrected chi connectivity index (χ4v) is 1.92. The molecule has 26 heavy (non-hydrogen) atoms. The van der Waals surface area contributed by atoms with Crippen molar-refractivity contribution in [3.05, 3.63) is 35.7 Å². The van der Waals surface area contributed by atoms with Crippen molar-refractivity contribution in [3.8, 4) is 6.01 Å². The maximum atomic E-state index is 12.9. The van der Waals surface area contributed by atoms with Crippen LogP contribution in [0.2, 0.25) is 0 Å². The van der Waals surface area contributed by atoms with Crippen molar-refractivity contribution in [2.24, 2.45) is 0 Å². The molecule has 0 aliphatic carbocycles. The molecule has 0 saturated carbocycles. The predicted molar refractivity (Wildman–Crippen MR) is 88.0 cm³/mol. The Bertz CT molecular complexity index is 782. The number of carbonyl (C=O) groups excluding carboxylic acids is 1. The molecule has 0 radical (unpaired) electrons. The van der Waals surface area contributed by atoms with Gasteiger partial charge in [0.15, 0.2) is 5.82 Å². The highest BCUT2D eigenvalue weighted by atomic mass is 19.4. The average Bonchev–Trinajstić information content (AvgIpc) is 2.59. The summed E-state index contributed by atoms with van der Waals surface area (Å²) < 4.78 is 43.8. The van der Waals surface area contributed by atoms with Gasteiger partial charge in [-0.2, -0.15) is 28.1 Å². The number of nitrogens with zero attached hydrogens (tertiary/aromatic N) is 4. The summed E-state index contributed by atoms with van der Waals surface area (Å²) in [5.41, 5.74) is -1.29. The van der Waals surface area contributed by atoms with Crippen molar-refractivity contribution < 1.29 is 22.7 Å². The van der Waals surface area contributed by atoms with E-state index in [1.165, 1.54) is 25.3 Å². The molecule has 2 rings (SSSR count). The Morgan fingerprint density at radius 2 is 1.88 bits per heavy atom. The number of ether oxygens (including phenoxy) is 1. The second kappa shape index (κ2) is 7.85. The highest BCUT2D eigenvalue weighted by Crippen LogP contribution is 2.34. The van der Waals surface area contributed by atoms with Crippen molar-refractivity contribution in [1.29, 1.82) is 0 Å². The minimum Gasteiger partial charge on any atom is -0.467 e. The number of rotatable bonds is 5. The highest BCUT2D eigenvalue weighted by Gasteiger charge is 2.33. The van der Waals surface area contributed by atoms with E-state index >= 15 is 0 Å². The molecular weight excluding hydrogens is 353 g/mol. The highest BCUT2D eigenvalue weighted by molar-refractivity contribution is 5.90. The Balaban J connectivity index is 2.07. The molecule has 2 amide bonds. The molecule has 2 aromatic rings. The molecule has 0 saturated heterocycles. The zero-order valence-electron chi connectivity index (χ0n) is 14.3. The zero-order valence-corrected chi connectivity index (χ0v) is 14.3. The molecule has 0 aliphatic heterocycles. The lowest BCUT2D eigenvalue weighted by Gasteiger charge is -2.14. The van der Waals surface area contributed by atoms with Crippen molar-refractivity contribution in [3.63, 3.8) is 0 Å². The van der Waals surface area contributed by atoms with E-state index in [-0.39, 0.29) is 24.1 Å². The Kier molecular flexibility index (Phi) is 5.80. The van der Waals surface area contributed by atoms with Crippen LogP contribution in [-0.4, -0.2) is 42.2 Å². The minimum atomic E-state index is -4.58. The number of methoxy groups -OCH3 is 1. The van der Waals surface area contributed by atoms with Crippen molar-refractivity contribution in [1.82, 2.24) is 20.3 Å². The molecule has 0 fully saturated rings. The van der Waals surface area contributed by atoms with Gasteiger partial charge in [0.25, 0.3) is 0 Å². The lowest BCUT2D eigenvalue weighted by Crippen LogP contribution is -2.30. The Morgan fingerprint density at radius 3 is 2.50 bits per heavy atom. The molecule has 1 heterocycles. The standard InChI is InChI=1S/C15H17F3N6O2/c1-24(2)12-21-11(22-14(23-12)26-3)8-19-13(25)20-10-7-5-4-6-9(10)15(16,17)18/h4-7H,8H2,1-3H3,(H2,19,20,25). The molecule has 1 aromatic heterocycles. The van der Waals surface area contributed by atoms with Crippen molar-refractivity contribution >= 4 is 17.7 Å². The average molecular weight is 370 g/mol. The molecule has 0 aliphatic rings. The maximum absolute atomic E-state index is 12.9. The molecule has 11 heteroatoms. The first-order chi connectivity index (χ1) is 12.2. The number of amides is 2. The number of halogens is 3. The number of carbonyl (C=O) groups is 1. The number of benzene rings is 1. The van der Waals surface area contributed by atoms with Gasteiger partial charge in [-0.15, -0.1) is 0 Å². The zero-order chi connectivity index (χ0) is 19.3. The van der Waals surface area contributed by atoms with Crippen LogP contribution in [0.25, 0.3) is 0 Å². The van der Waals surface area contributed by atoms with Gasteiger partial charge in [-0.25, -0.2) is 4.79 Å². The van der Waals surface area contributed by atoms with Crippen LogP contribution in [0.5, 0.6) is 6.01 Å². The number of nitrogens with one attached hydrogen (secondary N) is 2. The van der Waals surface area contributed by atoms with Gasteiger partial charge in [-0.1, -0.05) is 12.1 Å². The van der Waals surface area contributed by atoms with Crippen molar-refractivity contribution in [2.75, 3.05) is 31.4 Å². The van der Waals surface area contributed by atoms with E-state index < -0.39 is 17.8 Å². The smallest absolute Gasteiger partial charge is 0.418 e. The summed E-state index contributed by atoms with van der Waals surface area (Å²) in [4.78, 5) is 25.7. The second-order valence-electron chi connectivity index (χ2n) is 5.28. The fraction of sp³-hybridized carbons (Fsp3) is 0.333. The third-order valence-electron chi connectivity index (χ3n) is 3.12. The first-order valence-electron chi connectivity index (χ1n) is 7.38. The van der Waals surface area contributed by atoms with Crippen molar-refractivity contribution in [2.45, 2.75) is 12.7 Å². The quantitative estimate of drug-likeness (QED) is 0.839. The molecule has 0 unspecified atom stereocenters. The van der Waals surface area contributed by atoms with E-state index in [9.17, 15) is 18.0 Å². The number of urea groups is 1. The summed E-state index contributed by atoms with van der Waals surface area (Å²) in [5, 5.41) is 4.57. The third-order valence-corrected chi connectivity index (χ3v) is 3.12. The van der Waals surface area contributed by atoms with Crippen LogP contribution in [0.15, 0.2) is 24.3 Å². The summed E-state index contributed by atoms with van der Waals surface area (Å²) in [6.45, 7) is -0.125. The lowest BCUT2D eigenvalue weighted by atomic mass is 10.1. The van der Waals surface area contributed by atoms with Crippen LogP contribution in [-0.2, 0) is 12.7 Å². The van der Waals surface area contributed by atoms with Gasteiger partial charge in [0, 0.05) is 14.1 Å². The van der Waals surface area contributed by atoms with Gasteiger partial charge in [0.05, 0.1) is 24.9 Å². The summed E-state index contributed by atoms with van der Waals surface area (Å²) in [6, 6.07) is 3.92. The van der Waals surface area contributed by atoms with E-state index in [0.29, 0.717) is 5.95 Å². The number of aromatic nitrogens is 3. The number of hydrogen-bond donors (Lipinski definition) is 2. The van der Waals surface area contributed by atoms with Crippen LogP contribution < -0.4 is 20.3 Å². The lowest BCUT2D eigenvalue weighted by molar-refractivity contribution is -0.136. The topological polar surface area (TPSA) is 92.3 Å². The minimum absolute atomic E-state index is 0.0586. The fourth-order valence-electron chi connectivity index (χ4n) is 1.92. The van der Waals surface area contributed by atoms with Crippen LogP contribution >= 0.6 is 0 Å². The summed E-state index contributed by atoms with van der Waals surface area (Å²) in [7, 11) is 4.81. The van der Waals surface area contributed by atoms with Gasteiger partial charge in [0.2, 0.25) is 5.95 Å². The van der Waals surface area contributed by atoms with E-state index in [1.807, 2.05) is 0 Å². The Hall–Kier alpha value is -3.11. The van der Waals surface area contributed by atoms with Gasteiger partial charge < -0.3 is 20.3 Å². The largest absolute Gasteiger partial charge is 0.467 e. The normalized spacial score (nSPS) is 11.0. The monoisotopic (exact) mass is 370 g/mol. The third kappa shape index (κ3) is 4.94. The van der Waals surface area contributed by atoms with E-state index in [0.717, 1.165) is 6.07 Å². The number of anilines is 2.